The molecule has 22 heavy (non-hydrogen) atoms. The molecule has 1 N–H and O–H groups in total. The molecule has 1 saturated heterocycles. The first-order valence-corrected chi connectivity index (χ1v) is 8.01. The van der Waals surface area contributed by atoms with Gasteiger partial charge in [0.1, 0.15) is 5.82 Å². The molecule has 114 valence electrons. The number of rotatable bonds is 2. The largest absolute Gasteiger partial charge is 0.322 e. The lowest BCUT2D eigenvalue weighted by molar-refractivity contribution is 0.207. The van der Waals surface area contributed by atoms with Crippen LogP contribution in [-0.2, 0) is 0 Å². The second-order valence-electron chi connectivity index (χ2n) is 5.34. The number of urea groups is 1. The minimum absolute atomic E-state index is 0.0102. The first kappa shape index (κ1) is 15.0. The van der Waals surface area contributed by atoms with Crippen molar-refractivity contribution in [1.82, 2.24) is 4.90 Å². The van der Waals surface area contributed by atoms with E-state index in [0.717, 1.165) is 28.6 Å². The zero-order valence-corrected chi connectivity index (χ0v) is 13.5. The Morgan fingerprint density at radius 3 is 2.50 bits per heavy atom. The van der Waals surface area contributed by atoms with Crippen LogP contribution < -0.4 is 5.32 Å². The molecule has 0 unspecified atom stereocenters. The van der Waals surface area contributed by atoms with Crippen molar-refractivity contribution >= 4 is 27.6 Å². The fourth-order valence-corrected chi connectivity index (χ4v) is 3.03. The van der Waals surface area contributed by atoms with E-state index in [1.54, 1.807) is 12.1 Å². The van der Waals surface area contributed by atoms with Crippen molar-refractivity contribution in [2.24, 2.45) is 0 Å². The number of hydrogen-bond acceptors (Lipinski definition) is 1. The number of hydrogen-bond donors (Lipinski definition) is 1. The van der Waals surface area contributed by atoms with Gasteiger partial charge in [0.25, 0.3) is 0 Å². The Morgan fingerprint density at radius 2 is 1.82 bits per heavy atom. The van der Waals surface area contributed by atoms with E-state index in [-0.39, 0.29) is 17.9 Å². The molecule has 2 aromatic rings. The number of benzene rings is 2. The average molecular weight is 363 g/mol. The van der Waals surface area contributed by atoms with Crippen molar-refractivity contribution < 1.29 is 9.18 Å². The highest BCUT2D eigenvalue weighted by atomic mass is 79.9. The molecule has 1 fully saturated rings. The number of carbonyl (C=O) groups is 1. The quantitative estimate of drug-likeness (QED) is 0.804. The lowest BCUT2D eigenvalue weighted by atomic mass is 10.0. The van der Waals surface area contributed by atoms with Gasteiger partial charge in [-0.25, -0.2) is 9.18 Å². The molecule has 0 aromatic heterocycles. The Bertz CT molecular complexity index is 657. The number of likely N-dealkylation sites (tertiary alicyclic amines) is 1. The van der Waals surface area contributed by atoms with E-state index in [1.165, 1.54) is 12.1 Å². The topological polar surface area (TPSA) is 32.3 Å². The zero-order chi connectivity index (χ0) is 15.5. The van der Waals surface area contributed by atoms with E-state index >= 15 is 0 Å². The van der Waals surface area contributed by atoms with Gasteiger partial charge in [-0.2, -0.15) is 0 Å². The normalized spacial score (nSPS) is 17.5. The third-order valence-corrected chi connectivity index (χ3v) is 4.39. The van der Waals surface area contributed by atoms with E-state index in [4.69, 9.17) is 0 Å². The van der Waals surface area contributed by atoms with Crippen molar-refractivity contribution in [2.75, 3.05) is 11.9 Å². The van der Waals surface area contributed by atoms with Crippen LogP contribution in [0.2, 0.25) is 0 Å². The van der Waals surface area contributed by atoms with Crippen molar-refractivity contribution in [2.45, 2.75) is 18.9 Å². The Balaban J connectivity index is 1.73. The molecular formula is C17H16BrFN2O. The smallest absolute Gasteiger partial charge is 0.317 e. The predicted molar refractivity (Wildman–Crippen MR) is 88.2 cm³/mol. The number of nitrogens with zero attached hydrogens (tertiary/aromatic N) is 1. The number of anilines is 1. The second kappa shape index (κ2) is 6.48. The summed E-state index contributed by atoms with van der Waals surface area (Å²) in [6, 6.07) is 13.8. The van der Waals surface area contributed by atoms with E-state index in [0.29, 0.717) is 6.54 Å². The van der Waals surface area contributed by atoms with Gasteiger partial charge in [-0.05, 0) is 54.8 Å². The van der Waals surface area contributed by atoms with Crippen LogP contribution in [0.1, 0.15) is 24.4 Å². The minimum atomic E-state index is -0.257. The van der Waals surface area contributed by atoms with Crippen LogP contribution in [0.25, 0.3) is 0 Å². The summed E-state index contributed by atoms with van der Waals surface area (Å²) >= 11 is 3.37. The van der Waals surface area contributed by atoms with Gasteiger partial charge in [0.2, 0.25) is 0 Å². The van der Waals surface area contributed by atoms with Crippen LogP contribution in [0.3, 0.4) is 0 Å². The third kappa shape index (κ3) is 3.30. The Kier molecular flexibility index (Phi) is 4.43. The number of halogens is 2. The van der Waals surface area contributed by atoms with Crippen molar-refractivity contribution in [3.8, 4) is 0 Å². The maximum atomic E-state index is 13.1. The highest BCUT2D eigenvalue weighted by Crippen LogP contribution is 2.32. The van der Waals surface area contributed by atoms with E-state index < -0.39 is 0 Å². The fraction of sp³-hybridized carbons (Fsp3) is 0.235. The summed E-state index contributed by atoms with van der Waals surface area (Å²) < 4.78 is 14.0. The molecule has 3 rings (SSSR count). The molecule has 2 amide bonds. The molecule has 0 aliphatic carbocycles. The van der Waals surface area contributed by atoms with E-state index in [1.807, 2.05) is 29.2 Å². The number of amides is 2. The van der Waals surface area contributed by atoms with Crippen molar-refractivity contribution in [1.29, 1.82) is 0 Å². The van der Waals surface area contributed by atoms with Crippen LogP contribution in [0.4, 0.5) is 14.9 Å². The zero-order valence-electron chi connectivity index (χ0n) is 11.9. The molecule has 1 atom stereocenters. The molecule has 1 heterocycles. The van der Waals surface area contributed by atoms with Crippen LogP contribution in [0.15, 0.2) is 53.0 Å². The van der Waals surface area contributed by atoms with Gasteiger partial charge < -0.3 is 10.2 Å². The molecule has 1 aliphatic rings. The molecular weight excluding hydrogens is 347 g/mol. The first-order chi connectivity index (χ1) is 10.6. The van der Waals surface area contributed by atoms with Crippen LogP contribution >= 0.6 is 15.9 Å². The fourth-order valence-electron chi connectivity index (χ4n) is 2.77. The molecule has 0 spiro atoms. The van der Waals surface area contributed by atoms with Gasteiger partial charge >= 0.3 is 6.03 Å². The maximum absolute atomic E-state index is 13.1. The highest BCUT2D eigenvalue weighted by Gasteiger charge is 2.29. The van der Waals surface area contributed by atoms with Gasteiger partial charge in [0, 0.05) is 16.7 Å². The number of nitrogens with one attached hydrogen (secondary N) is 1. The standard InChI is InChI=1S/C17H16BrFN2O/c18-13-5-9-15(10-6-13)20-17(22)21-11-1-2-16(21)12-3-7-14(19)8-4-12/h3-10,16H,1-2,11H2,(H,20,22)/t16-/m1/s1. The molecule has 1 aliphatic heterocycles. The van der Waals surface area contributed by atoms with Gasteiger partial charge in [0.15, 0.2) is 0 Å². The SMILES string of the molecule is O=C(Nc1ccc(Br)cc1)N1CCC[C@@H]1c1ccc(F)cc1. The third-order valence-electron chi connectivity index (χ3n) is 3.86. The molecule has 3 nitrogen and oxygen atoms in total. The van der Waals surface area contributed by atoms with Gasteiger partial charge in [-0.3, -0.25) is 0 Å². The molecule has 2 aromatic carbocycles. The summed E-state index contributed by atoms with van der Waals surface area (Å²) in [5, 5.41) is 2.91. The second-order valence-corrected chi connectivity index (χ2v) is 6.26. The van der Waals surface area contributed by atoms with Crippen molar-refractivity contribution in [3.05, 3.63) is 64.4 Å². The molecule has 0 saturated carbocycles. The van der Waals surface area contributed by atoms with Gasteiger partial charge in [-0.1, -0.05) is 28.1 Å². The Labute approximate surface area is 137 Å². The van der Waals surface area contributed by atoms with E-state index in [2.05, 4.69) is 21.2 Å². The number of carbonyl (C=O) groups excluding carboxylic acids is 1. The summed E-state index contributed by atoms with van der Waals surface area (Å²) in [4.78, 5) is 14.3. The lowest BCUT2D eigenvalue weighted by Crippen LogP contribution is -2.34. The first-order valence-electron chi connectivity index (χ1n) is 7.22. The summed E-state index contributed by atoms with van der Waals surface area (Å²) in [6.07, 6.45) is 1.86. The minimum Gasteiger partial charge on any atom is -0.317 e. The van der Waals surface area contributed by atoms with Crippen molar-refractivity contribution in [3.63, 3.8) is 0 Å². The maximum Gasteiger partial charge on any atom is 0.322 e. The molecule has 0 radical (unpaired) electrons. The van der Waals surface area contributed by atoms with Crippen LogP contribution in [-0.4, -0.2) is 17.5 Å². The highest BCUT2D eigenvalue weighted by molar-refractivity contribution is 9.10. The summed E-state index contributed by atoms with van der Waals surface area (Å²) in [5.74, 6) is -0.257. The summed E-state index contributed by atoms with van der Waals surface area (Å²) in [5.41, 5.74) is 1.74. The molecule has 0 bridgehead atoms. The van der Waals surface area contributed by atoms with Crippen LogP contribution in [0, 0.1) is 5.82 Å². The predicted octanol–water partition coefficient (Wildman–Crippen LogP) is 4.96. The van der Waals surface area contributed by atoms with Gasteiger partial charge in [-0.15, -0.1) is 0 Å². The lowest BCUT2D eigenvalue weighted by Gasteiger charge is -2.25. The average Bonchev–Trinajstić information content (AvgIpc) is 3.00. The Hall–Kier alpha value is -1.88. The monoisotopic (exact) mass is 362 g/mol. The van der Waals surface area contributed by atoms with Gasteiger partial charge in [0.05, 0.1) is 6.04 Å². The van der Waals surface area contributed by atoms with E-state index in [9.17, 15) is 9.18 Å². The Morgan fingerprint density at radius 1 is 1.14 bits per heavy atom. The van der Waals surface area contributed by atoms with Crippen LogP contribution in [0.5, 0.6) is 0 Å². The summed E-state index contributed by atoms with van der Waals surface area (Å²) in [6.45, 7) is 0.713. The summed E-state index contributed by atoms with van der Waals surface area (Å²) in [7, 11) is 0. The molecule has 5 heteroatoms.